The minimum atomic E-state index is -0.110. The minimum absolute atomic E-state index is 0.110. The molecular formula is C11H20N6O. The molecule has 0 aliphatic carbocycles. The summed E-state index contributed by atoms with van der Waals surface area (Å²) in [5.41, 5.74) is 3.32. The summed E-state index contributed by atoms with van der Waals surface area (Å²) in [6.07, 6.45) is 0. The summed E-state index contributed by atoms with van der Waals surface area (Å²) in [5, 5.41) is 5.51. The summed E-state index contributed by atoms with van der Waals surface area (Å²) in [4.78, 5) is 19.9. The third-order valence-corrected chi connectivity index (χ3v) is 2.51. The summed E-state index contributed by atoms with van der Waals surface area (Å²) >= 11 is 0. The number of rotatable bonds is 5. The third-order valence-electron chi connectivity index (χ3n) is 2.51. The summed E-state index contributed by atoms with van der Waals surface area (Å²) in [5.74, 6) is 7.35. The van der Waals surface area contributed by atoms with Crippen molar-refractivity contribution < 1.29 is 4.79 Å². The molecule has 5 N–H and O–H groups in total. The Morgan fingerprint density at radius 1 is 1.33 bits per heavy atom. The molecule has 0 saturated heterocycles. The number of likely N-dealkylation sites (N-methyl/N-ethyl adjacent to an activating group) is 1. The van der Waals surface area contributed by atoms with Gasteiger partial charge in [0, 0.05) is 18.5 Å². The van der Waals surface area contributed by atoms with Gasteiger partial charge in [-0.1, -0.05) is 13.8 Å². The van der Waals surface area contributed by atoms with Crippen LogP contribution in [0, 0.1) is 6.92 Å². The molecule has 0 saturated carbocycles. The Morgan fingerprint density at radius 3 is 2.44 bits per heavy atom. The van der Waals surface area contributed by atoms with Crippen LogP contribution in [0.15, 0.2) is 0 Å². The number of anilines is 2. The van der Waals surface area contributed by atoms with E-state index >= 15 is 0 Å². The predicted molar refractivity (Wildman–Crippen MR) is 71.2 cm³/mol. The molecule has 0 unspecified atom stereocenters. The molecule has 1 aromatic heterocycles. The second kappa shape index (κ2) is 6.15. The van der Waals surface area contributed by atoms with Gasteiger partial charge in [0.2, 0.25) is 5.91 Å². The van der Waals surface area contributed by atoms with Crippen molar-refractivity contribution in [1.82, 2.24) is 15.3 Å². The van der Waals surface area contributed by atoms with Crippen LogP contribution in [0.3, 0.4) is 0 Å². The number of nitrogens with two attached hydrogens (primary N) is 1. The number of carbonyl (C=O) groups is 1. The quantitative estimate of drug-likeness (QED) is 0.445. The summed E-state index contributed by atoms with van der Waals surface area (Å²) < 4.78 is 0. The van der Waals surface area contributed by atoms with Gasteiger partial charge in [-0.15, -0.1) is 0 Å². The first-order valence-corrected chi connectivity index (χ1v) is 5.79. The molecule has 0 spiro atoms. The van der Waals surface area contributed by atoms with Gasteiger partial charge >= 0.3 is 0 Å². The van der Waals surface area contributed by atoms with Gasteiger partial charge in [-0.3, -0.25) is 4.79 Å². The first-order chi connectivity index (χ1) is 8.49. The summed E-state index contributed by atoms with van der Waals surface area (Å²) in [6.45, 7) is 5.99. The fraction of sp³-hybridized carbons (Fsp3) is 0.545. The van der Waals surface area contributed by atoms with Crippen molar-refractivity contribution in [2.75, 3.05) is 24.3 Å². The van der Waals surface area contributed by atoms with Crippen LogP contribution in [0.25, 0.3) is 0 Å². The first kappa shape index (κ1) is 14.2. The number of carbonyl (C=O) groups excluding carboxylic acids is 1. The van der Waals surface area contributed by atoms with Crippen LogP contribution in [-0.4, -0.2) is 29.5 Å². The highest BCUT2D eigenvalue weighted by atomic mass is 16.1. The van der Waals surface area contributed by atoms with E-state index in [1.807, 2.05) is 20.8 Å². The number of nitrogens with one attached hydrogen (secondary N) is 3. The molecule has 0 atom stereocenters. The molecule has 1 aromatic rings. The van der Waals surface area contributed by atoms with Gasteiger partial charge in [-0.05, 0) is 6.92 Å². The smallest absolute Gasteiger partial charge is 0.239 e. The lowest BCUT2D eigenvalue weighted by Crippen LogP contribution is -2.27. The molecule has 7 heteroatoms. The van der Waals surface area contributed by atoms with Crippen molar-refractivity contribution in [3.8, 4) is 0 Å². The van der Waals surface area contributed by atoms with Crippen molar-refractivity contribution in [2.24, 2.45) is 5.84 Å². The van der Waals surface area contributed by atoms with Gasteiger partial charge in [0.1, 0.15) is 17.5 Å². The molecule has 0 aliphatic heterocycles. The number of hydrogen-bond donors (Lipinski definition) is 4. The molecule has 0 aliphatic rings. The van der Waals surface area contributed by atoms with Gasteiger partial charge in [-0.2, -0.15) is 0 Å². The lowest BCUT2D eigenvalue weighted by molar-refractivity contribution is -0.118. The highest BCUT2D eigenvalue weighted by Gasteiger charge is 2.12. The standard InChI is InChI=1S/C11H20N6O/c1-6(2)9-15-10(14-5-8(18)13-4)7(3)11(16-9)17-12/h6H,5,12H2,1-4H3,(H,13,18)(H2,14,15,16,17). The Bertz CT molecular complexity index is 432. The highest BCUT2D eigenvalue weighted by molar-refractivity contribution is 5.80. The average Bonchev–Trinajstić information content (AvgIpc) is 2.36. The van der Waals surface area contributed by atoms with Crippen LogP contribution >= 0.6 is 0 Å². The Balaban J connectivity index is 3.01. The van der Waals surface area contributed by atoms with Gasteiger partial charge in [0.25, 0.3) is 0 Å². The van der Waals surface area contributed by atoms with E-state index in [1.54, 1.807) is 7.05 Å². The van der Waals surface area contributed by atoms with Crippen molar-refractivity contribution in [1.29, 1.82) is 0 Å². The van der Waals surface area contributed by atoms with E-state index in [1.165, 1.54) is 0 Å². The Morgan fingerprint density at radius 2 is 1.94 bits per heavy atom. The molecular weight excluding hydrogens is 232 g/mol. The Labute approximate surface area is 107 Å². The van der Waals surface area contributed by atoms with Crippen LogP contribution in [0.5, 0.6) is 0 Å². The van der Waals surface area contributed by atoms with E-state index < -0.39 is 0 Å². The third kappa shape index (κ3) is 3.30. The topological polar surface area (TPSA) is 105 Å². The lowest BCUT2D eigenvalue weighted by atomic mass is 10.2. The second-order valence-electron chi connectivity index (χ2n) is 4.23. The van der Waals surface area contributed by atoms with Crippen LogP contribution in [-0.2, 0) is 4.79 Å². The molecule has 0 aromatic carbocycles. The molecule has 0 radical (unpaired) electrons. The van der Waals surface area contributed by atoms with Crippen molar-refractivity contribution in [3.63, 3.8) is 0 Å². The molecule has 100 valence electrons. The maximum atomic E-state index is 11.2. The van der Waals surface area contributed by atoms with E-state index in [9.17, 15) is 4.79 Å². The predicted octanol–water partition coefficient (Wildman–Crippen LogP) is 0.352. The summed E-state index contributed by atoms with van der Waals surface area (Å²) in [7, 11) is 1.59. The number of hydrazine groups is 1. The Kier molecular flexibility index (Phi) is 4.85. The maximum Gasteiger partial charge on any atom is 0.239 e. The van der Waals surface area contributed by atoms with E-state index in [4.69, 9.17) is 5.84 Å². The van der Waals surface area contributed by atoms with E-state index in [2.05, 4.69) is 26.0 Å². The molecule has 7 nitrogen and oxygen atoms in total. The molecule has 18 heavy (non-hydrogen) atoms. The Hall–Kier alpha value is -1.89. The van der Waals surface area contributed by atoms with Crippen LogP contribution in [0.2, 0.25) is 0 Å². The monoisotopic (exact) mass is 252 g/mol. The first-order valence-electron chi connectivity index (χ1n) is 5.79. The fourth-order valence-corrected chi connectivity index (χ4v) is 1.36. The zero-order chi connectivity index (χ0) is 13.7. The zero-order valence-electron chi connectivity index (χ0n) is 11.2. The highest BCUT2D eigenvalue weighted by Crippen LogP contribution is 2.22. The van der Waals surface area contributed by atoms with Crippen molar-refractivity contribution in [3.05, 3.63) is 11.4 Å². The van der Waals surface area contributed by atoms with Gasteiger partial charge < -0.3 is 16.1 Å². The number of nitrogen functional groups attached to an aromatic ring is 1. The number of aromatic nitrogens is 2. The van der Waals surface area contributed by atoms with E-state index in [0.29, 0.717) is 17.5 Å². The normalized spacial score (nSPS) is 10.3. The molecule has 1 amide bonds. The van der Waals surface area contributed by atoms with E-state index in [-0.39, 0.29) is 18.4 Å². The van der Waals surface area contributed by atoms with Crippen molar-refractivity contribution >= 4 is 17.5 Å². The zero-order valence-corrected chi connectivity index (χ0v) is 11.2. The minimum Gasteiger partial charge on any atom is -0.361 e. The maximum absolute atomic E-state index is 11.2. The van der Waals surface area contributed by atoms with Crippen LogP contribution in [0.4, 0.5) is 11.6 Å². The van der Waals surface area contributed by atoms with Gasteiger partial charge in [0.05, 0.1) is 6.54 Å². The van der Waals surface area contributed by atoms with Crippen LogP contribution < -0.4 is 21.9 Å². The summed E-state index contributed by atoms with van der Waals surface area (Å²) in [6, 6.07) is 0. The average molecular weight is 252 g/mol. The van der Waals surface area contributed by atoms with Crippen molar-refractivity contribution in [2.45, 2.75) is 26.7 Å². The van der Waals surface area contributed by atoms with E-state index in [0.717, 1.165) is 5.56 Å². The SMILES string of the molecule is CNC(=O)CNc1nc(C(C)C)nc(NN)c1C. The fourth-order valence-electron chi connectivity index (χ4n) is 1.36. The van der Waals surface area contributed by atoms with Crippen LogP contribution in [0.1, 0.15) is 31.2 Å². The molecule has 0 fully saturated rings. The van der Waals surface area contributed by atoms with Gasteiger partial charge in [0.15, 0.2) is 0 Å². The number of hydrogen-bond acceptors (Lipinski definition) is 6. The number of nitrogens with zero attached hydrogens (tertiary/aromatic N) is 2. The second-order valence-corrected chi connectivity index (χ2v) is 4.23. The molecule has 0 bridgehead atoms. The number of amides is 1. The molecule has 1 heterocycles. The molecule has 1 rings (SSSR count). The largest absolute Gasteiger partial charge is 0.361 e. The van der Waals surface area contributed by atoms with Gasteiger partial charge in [-0.25, -0.2) is 15.8 Å². The lowest BCUT2D eigenvalue weighted by Gasteiger charge is -2.14.